The molecule has 1 heterocycles. The van der Waals surface area contributed by atoms with Crippen LogP contribution in [0.25, 0.3) is 0 Å². The number of aliphatic hydroxyl groups is 2. The third-order valence-corrected chi connectivity index (χ3v) is 1.64. The smallest absolute Gasteiger partial charge is 0.175 e. The molecule has 0 unspecified atom stereocenters. The van der Waals surface area contributed by atoms with Crippen LogP contribution in [0.3, 0.4) is 0 Å². The van der Waals surface area contributed by atoms with Crippen LogP contribution in [0.1, 0.15) is 12.8 Å². The molecule has 1 aliphatic rings. The second kappa shape index (κ2) is 2.25. The maximum atomic E-state index is 9.06. The Morgan fingerprint density at radius 3 is 2.44 bits per heavy atom. The van der Waals surface area contributed by atoms with Crippen molar-refractivity contribution in [3.63, 3.8) is 0 Å². The highest BCUT2D eigenvalue weighted by molar-refractivity contribution is 4.74. The highest BCUT2D eigenvalue weighted by Gasteiger charge is 2.28. The Hall–Kier alpha value is -0.120. The van der Waals surface area contributed by atoms with Crippen molar-refractivity contribution in [1.82, 2.24) is 4.90 Å². The van der Waals surface area contributed by atoms with Crippen LogP contribution >= 0.6 is 0 Å². The molecule has 0 aliphatic carbocycles. The molecule has 1 saturated heterocycles. The van der Waals surface area contributed by atoms with Gasteiger partial charge >= 0.3 is 0 Å². The Morgan fingerprint density at radius 1 is 1.44 bits per heavy atom. The molecular formula is C6H13NO2. The number of nitrogens with zero attached hydrogens (tertiary/aromatic N) is 1. The molecular weight excluding hydrogens is 118 g/mol. The van der Waals surface area contributed by atoms with E-state index in [0.29, 0.717) is 13.0 Å². The second-order valence-corrected chi connectivity index (χ2v) is 2.82. The minimum absolute atomic E-state index is 0.382. The predicted molar refractivity (Wildman–Crippen MR) is 33.9 cm³/mol. The molecule has 3 nitrogen and oxygen atoms in total. The van der Waals surface area contributed by atoms with Gasteiger partial charge in [0.05, 0.1) is 6.54 Å². The molecule has 0 bridgehead atoms. The zero-order chi connectivity index (χ0) is 6.91. The van der Waals surface area contributed by atoms with Crippen molar-refractivity contribution in [3.8, 4) is 0 Å². The molecule has 0 amide bonds. The van der Waals surface area contributed by atoms with Crippen molar-refractivity contribution in [2.45, 2.75) is 18.6 Å². The molecule has 0 radical (unpaired) electrons. The lowest BCUT2D eigenvalue weighted by Crippen LogP contribution is -2.46. The van der Waals surface area contributed by atoms with Gasteiger partial charge in [0, 0.05) is 6.42 Å². The van der Waals surface area contributed by atoms with Crippen molar-refractivity contribution in [1.29, 1.82) is 0 Å². The van der Waals surface area contributed by atoms with Crippen LogP contribution < -0.4 is 0 Å². The van der Waals surface area contributed by atoms with Gasteiger partial charge in [-0.2, -0.15) is 0 Å². The summed E-state index contributed by atoms with van der Waals surface area (Å²) in [6.45, 7) is 1.36. The van der Waals surface area contributed by atoms with E-state index >= 15 is 0 Å². The van der Waals surface area contributed by atoms with E-state index in [1.807, 2.05) is 11.9 Å². The molecule has 0 saturated carbocycles. The quantitative estimate of drug-likeness (QED) is 0.431. The Kier molecular flexibility index (Phi) is 1.75. The fourth-order valence-electron chi connectivity index (χ4n) is 1.22. The summed E-state index contributed by atoms with van der Waals surface area (Å²) in [6, 6.07) is 0. The van der Waals surface area contributed by atoms with Gasteiger partial charge < -0.3 is 15.1 Å². The molecule has 0 aromatic heterocycles. The zero-order valence-corrected chi connectivity index (χ0v) is 5.67. The SMILES string of the molecule is CN1CCCC(O)(O)C1. The van der Waals surface area contributed by atoms with E-state index in [0.717, 1.165) is 13.0 Å². The normalized spacial score (nSPS) is 28.3. The van der Waals surface area contributed by atoms with Gasteiger partial charge in [0.15, 0.2) is 5.79 Å². The summed E-state index contributed by atoms with van der Waals surface area (Å²) >= 11 is 0. The Labute approximate surface area is 54.9 Å². The van der Waals surface area contributed by atoms with Crippen molar-refractivity contribution in [3.05, 3.63) is 0 Å². The number of β-amino-alcohol motifs (C(OH)–C–C–N with tert-alkyl or cyclic N) is 2. The molecule has 3 heteroatoms. The first-order valence-electron chi connectivity index (χ1n) is 3.23. The predicted octanol–water partition coefficient (Wildman–Crippen LogP) is -0.607. The molecule has 0 atom stereocenters. The van der Waals surface area contributed by atoms with Gasteiger partial charge in [-0.25, -0.2) is 0 Å². The lowest BCUT2D eigenvalue weighted by atomic mass is 10.1. The highest BCUT2D eigenvalue weighted by Crippen LogP contribution is 2.15. The highest BCUT2D eigenvalue weighted by atomic mass is 16.5. The lowest BCUT2D eigenvalue weighted by Gasteiger charge is -2.32. The third kappa shape index (κ3) is 1.93. The van der Waals surface area contributed by atoms with Crippen molar-refractivity contribution in [2.24, 2.45) is 0 Å². The molecule has 1 aliphatic heterocycles. The fourth-order valence-corrected chi connectivity index (χ4v) is 1.22. The van der Waals surface area contributed by atoms with Gasteiger partial charge in [-0.15, -0.1) is 0 Å². The van der Waals surface area contributed by atoms with Gasteiger partial charge in [-0.1, -0.05) is 0 Å². The lowest BCUT2D eigenvalue weighted by molar-refractivity contribution is -0.189. The summed E-state index contributed by atoms with van der Waals surface area (Å²) in [5, 5.41) is 18.1. The summed E-state index contributed by atoms with van der Waals surface area (Å²) in [4.78, 5) is 1.92. The van der Waals surface area contributed by atoms with Crippen molar-refractivity contribution >= 4 is 0 Å². The largest absolute Gasteiger partial charge is 0.365 e. The van der Waals surface area contributed by atoms with E-state index < -0.39 is 5.79 Å². The van der Waals surface area contributed by atoms with E-state index in [-0.39, 0.29) is 0 Å². The van der Waals surface area contributed by atoms with Crippen LogP contribution in [0.4, 0.5) is 0 Å². The average Bonchev–Trinajstić information content (AvgIpc) is 1.60. The Bertz CT molecular complexity index is 103. The molecule has 0 spiro atoms. The fraction of sp³-hybridized carbons (Fsp3) is 1.00. The van der Waals surface area contributed by atoms with Crippen LogP contribution in [0.15, 0.2) is 0 Å². The van der Waals surface area contributed by atoms with Crippen LogP contribution in [-0.4, -0.2) is 41.0 Å². The van der Waals surface area contributed by atoms with Crippen LogP contribution in [0, 0.1) is 0 Å². The van der Waals surface area contributed by atoms with E-state index in [1.165, 1.54) is 0 Å². The maximum absolute atomic E-state index is 9.06. The molecule has 54 valence electrons. The second-order valence-electron chi connectivity index (χ2n) is 2.82. The number of rotatable bonds is 0. The Balaban J connectivity index is 2.41. The molecule has 0 aromatic carbocycles. The van der Waals surface area contributed by atoms with Crippen molar-refractivity contribution in [2.75, 3.05) is 20.1 Å². The first kappa shape index (κ1) is 6.99. The summed E-state index contributed by atoms with van der Waals surface area (Å²) < 4.78 is 0. The van der Waals surface area contributed by atoms with Gasteiger partial charge in [-0.05, 0) is 20.0 Å². The third-order valence-electron chi connectivity index (χ3n) is 1.64. The van der Waals surface area contributed by atoms with Gasteiger partial charge in [-0.3, -0.25) is 0 Å². The van der Waals surface area contributed by atoms with Gasteiger partial charge in [0.25, 0.3) is 0 Å². The number of hydrogen-bond acceptors (Lipinski definition) is 3. The molecule has 0 aromatic rings. The average molecular weight is 131 g/mol. The minimum atomic E-state index is -1.42. The number of likely N-dealkylation sites (N-methyl/N-ethyl adjacent to an activating group) is 1. The first-order valence-corrected chi connectivity index (χ1v) is 3.23. The topological polar surface area (TPSA) is 43.7 Å². The number of hydrogen-bond donors (Lipinski definition) is 2. The van der Waals surface area contributed by atoms with Crippen LogP contribution in [0.2, 0.25) is 0 Å². The molecule has 2 N–H and O–H groups in total. The van der Waals surface area contributed by atoms with E-state index in [2.05, 4.69) is 0 Å². The Morgan fingerprint density at radius 2 is 2.11 bits per heavy atom. The number of piperidine rings is 1. The first-order chi connectivity index (χ1) is 4.10. The maximum Gasteiger partial charge on any atom is 0.175 e. The summed E-state index contributed by atoms with van der Waals surface area (Å²) in [5.41, 5.74) is 0. The number of likely N-dealkylation sites (tertiary alicyclic amines) is 1. The van der Waals surface area contributed by atoms with Crippen LogP contribution in [-0.2, 0) is 0 Å². The molecule has 1 rings (SSSR count). The van der Waals surface area contributed by atoms with Gasteiger partial charge in [0.1, 0.15) is 0 Å². The zero-order valence-electron chi connectivity index (χ0n) is 5.67. The minimum Gasteiger partial charge on any atom is -0.365 e. The van der Waals surface area contributed by atoms with E-state index in [1.54, 1.807) is 0 Å². The standard InChI is InChI=1S/C6H13NO2/c1-7-4-2-3-6(8,9)5-7/h8-9H,2-5H2,1H3. The van der Waals surface area contributed by atoms with Gasteiger partial charge in [0.2, 0.25) is 0 Å². The summed E-state index contributed by atoms with van der Waals surface area (Å²) in [7, 11) is 1.89. The molecule has 1 fully saturated rings. The van der Waals surface area contributed by atoms with Crippen LogP contribution in [0.5, 0.6) is 0 Å². The van der Waals surface area contributed by atoms with E-state index in [4.69, 9.17) is 10.2 Å². The summed E-state index contributed by atoms with van der Waals surface area (Å²) in [5.74, 6) is -1.42. The molecule has 9 heavy (non-hydrogen) atoms. The van der Waals surface area contributed by atoms with Crippen molar-refractivity contribution < 1.29 is 10.2 Å². The van der Waals surface area contributed by atoms with E-state index in [9.17, 15) is 0 Å². The summed E-state index contributed by atoms with van der Waals surface area (Å²) in [6.07, 6.45) is 1.39. The monoisotopic (exact) mass is 131 g/mol.